The molecule has 2 atom stereocenters. The lowest BCUT2D eigenvalue weighted by Crippen LogP contribution is -2.30. The second-order valence-electron chi connectivity index (χ2n) is 7.20. The van der Waals surface area contributed by atoms with Crippen LogP contribution in [0.1, 0.15) is 29.3 Å². The van der Waals surface area contributed by atoms with Crippen LogP contribution in [0.25, 0.3) is 0 Å². The lowest BCUT2D eigenvalue weighted by molar-refractivity contribution is -0.122. The van der Waals surface area contributed by atoms with E-state index in [0.29, 0.717) is 10.5 Å². The summed E-state index contributed by atoms with van der Waals surface area (Å²) in [6.07, 6.45) is -0.750. The van der Waals surface area contributed by atoms with Gasteiger partial charge in [-0.15, -0.1) is 0 Å². The van der Waals surface area contributed by atoms with Gasteiger partial charge >= 0.3 is 0 Å². The molecule has 172 valence electrons. The Balaban J connectivity index is 1.70. The number of benzene rings is 3. The van der Waals surface area contributed by atoms with Gasteiger partial charge in [0.2, 0.25) is 0 Å². The van der Waals surface area contributed by atoms with Crippen molar-refractivity contribution in [3.63, 3.8) is 0 Å². The van der Waals surface area contributed by atoms with Crippen molar-refractivity contribution >= 4 is 45.9 Å². The molecule has 0 radical (unpaired) electrons. The summed E-state index contributed by atoms with van der Waals surface area (Å²) in [5.41, 5.74) is 1.55. The van der Waals surface area contributed by atoms with Gasteiger partial charge in [-0.25, -0.2) is 4.21 Å². The molecule has 0 aliphatic carbocycles. The first-order chi connectivity index (χ1) is 15.8. The number of rotatable bonds is 8. The molecule has 2 unspecified atom stereocenters. The minimum absolute atomic E-state index is 0.0932. The maximum Gasteiger partial charge on any atom is 0.255 e. The third-order valence-electron chi connectivity index (χ3n) is 4.68. The minimum atomic E-state index is -1.83. The van der Waals surface area contributed by atoms with Crippen LogP contribution >= 0.6 is 11.6 Å². The van der Waals surface area contributed by atoms with Crippen LogP contribution in [-0.4, -0.2) is 27.2 Å². The van der Waals surface area contributed by atoms with E-state index in [2.05, 4.69) is 10.6 Å². The largest absolute Gasteiger partial charge is 0.506 e. The number of hydrogen-bond donors (Lipinski definition) is 3. The summed E-state index contributed by atoms with van der Waals surface area (Å²) in [4.78, 5) is 25.5. The van der Waals surface area contributed by atoms with E-state index in [-0.39, 0.29) is 28.6 Å². The molecular formula is C24H23ClN2O5S. The third-order valence-corrected chi connectivity index (χ3v) is 6.03. The first-order valence-corrected chi connectivity index (χ1v) is 11.6. The van der Waals surface area contributed by atoms with E-state index < -0.39 is 29.0 Å². The molecule has 3 rings (SSSR count). The Morgan fingerprint density at radius 2 is 1.76 bits per heavy atom. The van der Waals surface area contributed by atoms with Crippen molar-refractivity contribution in [2.75, 3.05) is 10.6 Å². The predicted molar refractivity (Wildman–Crippen MR) is 129 cm³/mol. The molecule has 0 fully saturated rings. The van der Waals surface area contributed by atoms with Gasteiger partial charge in [-0.2, -0.15) is 0 Å². The molecule has 3 N–H and O–H groups in total. The molecule has 0 heterocycles. The second-order valence-corrected chi connectivity index (χ2v) is 8.74. The van der Waals surface area contributed by atoms with Crippen LogP contribution in [0.5, 0.6) is 5.75 Å². The van der Waals surface area contributed by atoms with Crippen molar-refractivity contribution in [1.29, 1.82) is 0 Å². The number of phenols is 1. The molecule has 3 aromatic carbocycles. The fourth-order valence-electron chi connectivity index (χ4n) is 2.93. The Bertz CT molecular complexity index is 1190. The Labute approximate surface area is 199 Å². The number of phenolic OH excluding ortho intramolecular Hbond substituents is 1. The third kappa shape index (κ3) is 6.41. The summed E-state index contributed by atoms with van der Waals surface area (Å²) in [5, 5.41) is 15.6. The lowest BCUT2D eigenvalue weighted by Gasteiger charge is -2.17. The zero-order chi connectivity index (χ0) is 24.0. The van der Waals surface area contributed by atoms with Crippen LogP contribution in [0.2, 0.25) is 5.02 Å². The summed E-state index contributed by atoms with van der Waals surface area (Å²) >= 11 is 4.43. The van der Waals surface area contributed by atoms with Crippen molar-refractivity contribution in [3.8, 4) is 5.75 Å². The fraction of sp³-hybridized carbons (Fsp3) is 0.167. The number of halogens is 1. The van der Waals surface area contributed by atoms with Crippen LogP contribution in [0, 0.1) is 6.92 Å². The zero-order valence-electron chi connectivity index (χ0n) is 18.0. The second kappa shape index (κ2) is 11.1. The fourth-order valence-corrected chi connectivity index (χ4v) is 4.16. The first kappa shape index (κ1) is 24.4. The first-order valence-electron chi connectivity index (χ1n) is 10.1. The molecule has 0 saturated heterocycles. The average Bonchev–Trinajstić information content (AvgIpc) is 2.80. The average molecular weight is 487 g/mol. The number of aromatic hydroxyl groups is 1. The number of carbonyl (C=O) groups excluding carboxylic acids is 2. The summed E-state index contributed by atoms with van der Waals surface area (Å²) in [5.74, 6) is -1.27. The van der Waals surface area contributed by atoms with Gasteiger partial charge in [0.15, 0.2) is 17.2 Å². The molecule has 0 aliphatic heterocycles. The van der Waals surface area contributed by atoms with Crippen molar-refractivity contribution in [3.05, 3.63) is 82.9 Å². The van der Waals surface area contributed by atoms with Crippen LogP contribution in [0.3, 0.4) is 0 Å². The highest BCUT2D eigenvalue weighted by atomic mass is 35.5. The topological polar surface area (TPSA) is 105 Å². The van der Waals surface area contributed by atoms with Gasteiger partial charge in [-0.3, -0.25) is 13.8 Å². The molecule has 33 heavy (non-hydrogen) atoms. The Morgan fingerprint density at radius 1 is 1.03 bits per heavy atom. The molecule has 3 aromatic rings. The monoisotopic (exact) mass is 486 g/mol. The maximum absolute atomic E-state index is 12.7. The SMILES string of the molecule is CCC(OS(=O)c1cccc(C)c1)C(=O)Nc1cc(O)c(NC(=O)c2ccccc2)cc1Cl. The van der Waals surface area contributed by atoms with E-state index in [1.54, 1.807) is 55.5 Å². The van der Waals surface area contributed by atoms with Gasteiger partial charge in [0, 0.05) is 11.6 Å². The highest BCUT2D eigenvalue weighted by Gasteiger charge is 2.23. The molecular weight excluding hydrogens is 464 g/mol. The molecule has 2 amide bonds. The van der Waals surface area contributed by atoms with Crippen LogP contribution < -0.4 is 10.6 Å². The predicted octanol–water partition coefficient (Wildman–Crippen LogP) is 5.06. The van der Waals surface area contributed by atoms with E-state index in [1.165, 1.54) is 12.1 Å². The van der Waals surface area contributed by atoms with E-state index in [9.17, 15) is 18.9 Å². The van der Waals surface area contributed by atoms with E-state index in [0.717, 1.165) is 5.56 Å². The number of anilines is 2. The van der Waals surface area contributed by atoms with Crippen LogP contribution in [0.15, 0.2) is 71.6 Å². The smallest absolute Gasteiger partial charge is 0.255 e. The minimum Gasteiger partial charge on any atom is -0.506 e. The summed E-state index contributed by atoms with van der Waals surface area (Å²) in [6, 6.07) is 18.1. The van der Waals surface area contributed by atoms with Crippen molar-refractivity contribution in [2.45, 2.75) is 31.3 Å². The Kier molecular flexibility index (Phi) is 8.21. The quantitative estimate of drug-likeness (QED) is 0.386. The van der Waals surface area contributed by atoms with Crippen LogP contribution in [0.4, 0.5) is 11.4 Å². The van der Waals surface area contributed by atoms with Gasteiger partial charge in [-0.05, 0) is 49.2 Å². The van der Waals surface area contributed by atoms with Gasteiger partial charge < -0.3 is 15.7 Å². The zero-order valence-corrected chi connectivity index (χ0v) is 19.6. The number of amides is 2. The molecule has 0 aliphatic rings. The molecule has 0 spiro atoms. The van der Waals surface area contributed by atoms with Crippen molar-refractivity contribution in [1.82, 2.24) is 0 Å². The Hall–Kier alpha value is -3.20. The van der Waals surface area contributed by atoms with Crippen molar-refractivity contribution < 1.29 is 23.1 Å². The van der Waals surface area contributed by atoms with Gasteiger partial charge in [0.1, 0.15) is 5.75 Å². The van der Waals surface area contributed by atoms with E-state index in [1.807, 2.05) is 13.0 Å². The normalized spacial score (nSPS) is 12.6. The maximum atomic E-state index is 12.7. The summed E-state index contributed by atoms with van der Waals surface area (Å²) < 4.78 is 18.0. The number of nitrogens with one attached hydrogen (secondary N) is 2. The molecule has 0 bridgehead atoms. The van der Waals surface area contributed by atoms with Gasteiger partial charge in [0.05, 0.1) is 21.3 Å². The lowest BCUT2D eigenvalue weighted by atomic mass is 10.2. The molecule has 0 saturated carbocycles. The Morgan fingerprint density at radius 3 is 2.42 bits per heavy atom. The van der Waals surface area contributed by atoms with Crippen LogP contribution in [-0.2, 0) is 20.1 Å². The van der Waals surface area contributed by atoms with Crippen molar-refractivity contribution in [2.24, 2.45) is 0 Å². The standard InChI is InChI=1S/C24H23ClN2O5S/c1-3-22(32-33(31)17-11-7-8-15(2)12-17)24(30)26-19-14-21(28)20(13-18(19)25)27-23(29)16-9-5-4-6-10-16/h4-14,22,28H,3H2,1-2H3,(H,26,30)(H,27,29). The molecule has 7 nitrogen and oxygen atoms in total. The van der Waals surface area contributed by atoms with Gasteiger partial charge in [-0.1, -0.05) is 48.9 Å². The number of carbonyl (C=O) groups is 2. The van der Waals surface area contributed by atoms with Gasteiger partial charge in [0.25, 0.3) is 11.8 Å². The highest BCUT2D eigenvalue weighted by Crippen LogP contribution is 2.34. The summed E-state index contributed by atoms with van der Waals surface area (Å²) in [7, 11) is 0. The number of hydrogen-bond acceptors (Lipinski definition) is 5. The summed E-state index contributed by atoms with van der Waals surface area (Å²) in [6.45, 7) is 3.59. The van der Waals surface area contributed by atoms with E-state index >= 15 is 0 Å². The molecule has 9 heteroatoms. The van der Waals surface area contributed by atoms with E-state index in [4.69, 9.17) is 15.8 Å². The highest BCUT2D eigenvalue weighted by molar-refractivity contribution is 7.80. The molecule has 0 aromatic heterocycles. The number of aryl methyl sites for hydroxylation is 1.